The molecule has 120 valence electrons. The Bertz CT molecular complexity index is 744. The molecule has 2 aromatic carbocycles. The van der Waals surface area contributed by atoms with Crippen molar-refractivity contribution in [2.24, 2.45) is 0 Å². The number of halogens is 1. The highest BCUT2D eigenvalue weighted by Gasteiger charge is 2.16. The fourth-order valence-corrected chi connectivity index (χ4v) is 2.38. The van der Waals surface area contributed by atoms with Crippen molar-refractivity contribution in [1.29, 1.82) is 0 Å². The number of hydrogen-bond donors (Lipinski definition) is 1. The number of carbonyl (C=O) groups excluding carboxylic acids is 2. The highest BCUT2D eigenvalue weighted by Crippen LogP contribution is 2.23. The van der Waals surface area contributed by atoms with Crippen molar-refractivity contribution in [1.82, 2.24) is 0 Å². The van der Waals surface area contributed by atoms with Gasteiger partial charge in [-0.1, -0.05) is 29.8 Å². The third kappa shape index (κ3) is 4.57. The van der Waals surface area contributed by atoms with Gasteiger partial charge in [0, 0.05) is 23.3 Å². The summed E-state index contributed by atoms with van der Waals surface area (Å²) < 4.78 is 0. The number of rotatable bonds is 4. The Balaban J connectivity index is 2.14. The molecule has 0 radical (unpaired) electrons. The number of hydrogen-bond acceptors (Lipinski definition) is 2. The van der Waals surface area contributed by atoms with Gasteiger partial charge in [-0.05, 0) is 49.2 Å². The van der Waals surface area contributed by atoms with Gasteiger partial charge in [0.05, 0.1) is 0 Å². The fourth-order valence-electron chi connectivity index (χ4n) is 2.20. The van der Waals surface area contributed by atoms with Gasteiger partial charge < -0.3 is 10.2 Å². The zero-order valence-electron chi connectivity index (χ0n) is 13.4. The van der Waals surface area contributed by atoms with Crippen molar-refractivity contribution >= 4 is 34.8 Å². The Hall–Kier alpha value is -2.33. The topological polar surface area (TPSA) is 49.4 Å². The Morgan fingerprint density at radius 2 is 1.87 bits per heavy atom. The smallest absolute Gasteiger partial charge is 0.244 e. The van der Waals surface area contributed by atoms with E-state index in [-0.39, 0.29) is 18.4 Å². The van der Waals surface area contributed by atoms with Crippen LogP contribution in [0.1, 0.15) is 18.1 Å². The van der Waals surface area contributed by atoms with Gasteiger partial charge >= 0.3 is 0 Å². The van der Waals surface area contributed by atoms with Crippen LogP contribution < -0.4 is 10.2 Å². The standard InChI is InChI=1S/C18H19ClN2O2/c1-12-5-4-6-15(9-12)20-18(23)11-21(14(3)22)16-8-7-13(2)17(19)10-16/h4-10H,11H2,1-3H3,(H,20,23). The average molecular weight is 331 g/mol. The minimum absolute atomic E-state index is 0.0668. The second-order valence-electron chi connectivity index (χ2n) is 5.46. The molecule has 0 spiro atoms. The van der Waals surface area contributed by atoms with Crippen molar-refractivity contribution in [3.05, 3.63) is 58.6 Å². The molecule has 4 nitrogen and oxygen atoms in total. The lowest BCUT2D eigenvalue weighted by Gasteiger charge is -2.21. The van der Waals surface area contributed by atoms with E-state index in [2.05, 4.69) is 5.32 Å². The molecule has 2 rings (SSSR count). The first-order valence-corrected chi connectivity index (χ1v) is 7.65. The van der Waals surface area contributed by atoms with Crippen molar-refractivity contribution in [2.75, 3.05) is 16.8 Å². The van der Waals surface area contributed by atoms with E-state index in [1.807, 2.05) is 44.2 Å². The predicted molar refractivity (Wildman–Crippen MR) is 94.0 cm³/mol. The van der Waals surface area contributed by atoms with Gasteiger partial charge in [-0.2, -0.15) is 0 Å². The van der Waals surface area contributed by atoms with Gasteiger partial charge in [-0.15, -0.1) is 0 Å². The Morgan fingerprint density at radius 1 is 1.13 bits per heavy atom. The third-order valence-electron chi connectivity index (χ3n) is 3.45. The number of nitrogens with zero attached hydrogens (tertiary/aromatic N) is 1. The maximum Gasteiger partial charge on any atom is 0.244 e. The predicted octanol–water partition coefficient (Wildman–Crippen LogP) is 3.95. The van der Waals surface area contributed by atoms with Crippen molar-refractivity contribution in [2.45, 2.75) is 20.8 Å². The summed E-state index contributed by atoms with van der Waals surface area (Å²) in [5.74, 6) is -0.480. The lowest BCUT2D eigenvalue weighted by Crippen LogP contribution is -2.36. The lowest BCUT2D eigenvalue weighted by molar-refractivity contribution is -0.120. The van der Waals surface area contributed by atoms with Crippen LogP contribution in [0.15, 0.2) is 42.5 Å². The minimum atomic E-state index is -0.262. The van der Waals surface area contributed by atoms with Crippen molar-refractivity contribution in [3.63, 3.8) is 0 Å². The van der Waals surface area contributed by atoms with Crippen molar-refractivity contribution in [3.8, 4) is 0 Å². The molecule has 0 atom stereocenters. The van der Waals surface area contributed by atoms with Crippen LogP contribution in [0.3, 0.4) is 0 Å². The van der Waals surface area contributed by atoms with Gasteiger partial charge in [-0.3, -0.25) is 9.59 Å². The molecule has 0 bridgehead atoms. The fraction of sp³-hybridized carbons (Fsp3) is 0.222. The van der Waals surface area contributed by atoms with E-state index in [1.165, 1.54) is 11.8 Å². The second kappa shape index (κ2) is 7.29. The van der Waals surface area contributed by atoms with E-state index in [0.29, 0.717) is 16.4 Å². The van der Waals surface area contributed by atoms with Crippen LogP contribution in [0, 0.1) is 13.8 Å². The third-order valence-corrected chi connectivity index (χ3v) is 3.86. The summed E-state index contributed by atoms with van der Waals surface area (Å²) in [6.45, 7) is 5.19. The van der Waals surface area contributed by atoms with E-state index in [1.54, 1.807) is 12.1 Å². The molecule has 2 amide bonds. The number of aryl methyl sites for hydroxylation is 2. The van der Waals surface area contributed by atoms with E-state index in [4.69, 9.17) is 11.6 Å². The first kappa shape index (κ1) is 17.0. The van der Waals surface area contributed by atoms with E-state index in [9.17, 15) is 9.59 Å². The largest absolute Gasteiger partial charge is 0.325 e. The molecular weight excluding hydrogens is 312 g/mol. The first-order valence-electron chi connectivity index (χ1n) is 7.27. The molecule has 2 aromatic rings. The summed E-state index contributed by atoms with van der Waals surface area (Å²) >= 11 is 6.11. The van der Waals surface area contributed by atoms with Gasteiger partial charge in [0.2, 0.25) is 11.8 Å². The van der Waals surface area contributed by atoms with Crippen molar-refractivity contribution < 1.29 is 9.59 Å². The molecule has 0 fully saturated rings. The number of benzene rings is 2. The summed E-state index contributed by atoms with van der Waals surface area (Å²) in [5, 5.41) is 3.36. The molecule has 5 heteroatoms. The lowest BCUT2D eigenvalue weighted by atomic mass is 10.2. The molecule has 0 aliphatic carbocycles. The molecule has 0 saturated carbocycles. The number of amides is 2. The summed E-state index contributed by atoms with van der Waals surface area (Å²) in [4.78, 5) is 25.5. The highest BCUT2D eigenvalue weighted by atomic mass is 35.5. The molecule has 0 aliphatic rings. The molecule has 0 heterocycles. The van der Waals surface area contributed by atoms with Gasteiger partial charge in [-0.25, -0.2) is 0 Å². The van der Waals surface area contributed by atoms with Crippen LogP contribution in [0.4, 0.5) is 11.4 Å². The van der Waals surface area contributed by atoms with Crippen LogP contribution in [0.25, 0.3) is 0 Å². The molecule has 0 unspecified atom stereocenters. The Labute approximate surface area is 141 Å². The highest BCUT2D eigenvalue weighted by molar-refractivity contribution is 6.31. The average Bonchev–Trinajstić information content (AvgIpc) is 2.47. The van der Waals surface area contributed by atoms with Gasteiger partial charge in [0.25, 0.3) is 0 Å². The number of anilines is 2. The zero-order chi connectivity index (χ0) is 17.0. The zero-order valence-corrected chi connectivity index (χ0v) is 14.1. The molecule has 23 heavy (non-hydrogen) atoms. The first-order chi connectivity index (χ1) is 10.9. The Kier molecular flexibility index (Phi) is 5.40. The maximum atomic E-state index is 12.2. The summed E-state index contributed by atoms with van der Waals surface area (Å²) in [6.07, 6.45) is 0. The Morgan fingerprint density at radius 3 is 2.48 bits per heavy atom. The number of nitrogens with one attached hydrogen (secondary N) is 1. The molecular formula is C18H19ClN2O2. The molecule has 0 saturated heterocycles. The molecule has 0 aromatic heterocycles. The quantitative estimate of drug-likeness (QED) is 0.922. The van der Waals surface area contributed by atoms with Crippen LogP contribution in [-0.2, 0) is 9.59 Å². The normalized spacial score (nSPS) is 10.3. The van der Waals surface area contributed by atoms with Gasteiger partial charge in [0.15, 0.2) is 0 Å². The van der Waals surface area contributed by atoms with Gasteiger partial charge in [0.1, 0.15) is 6.54 Å². The van der Waals surface area contributed by atoms with Crippen LogP contribution in [0.2, 0.25) is 5.02 Å². The van der Waals surface area contributed by atoms with Crippen LogP contribution >= 0.6 is 11.6 Å². The van der Waals surface area contributed by atoms with Crippen LogP contribution in [0.5, 0.6) is 0 Å². The molecule has 1 N–H and O–H groups in total. The van der Waals surface area contributed by atoms with E-state index < -0.39 is 0 Å². The monoisotopic (exact) mass is 330 g/mol. The summed E-state index contributed by atoms with van der Waals surface area (Å²) in [5.41, 5.74) is 3.28. The van der Waals surface area contributed by atoms with Crippen LogP contribution in [-0.4, -0.2) is 18.4 Å². The minimum Gasteiger partial charge on any atom is -0.325 e. The second-order valence-corrected chi connectivity index (χ2v) is 5.86. The molecule has 0 aliphatic heterocycles. The summed E-state index contributed by atoms with van der Waals surface area (Å²) in [6, 6.07) is 12.8. The van der Waals surface area contributed by atoms with E-state index in [0.717, 1.165) is 11.1 Å². The number of carbonyl (C=O) groups is 2. The maximum absolute atomic E-state index is 12.2. The van der Waals surface area contributed by atoms with E-state index >= 15 is 0 Å². The summed E-state index contributed by atoms with van der Waals surface area (Å²) in [7, 11) is 0. The SMILES string of the molecule is CC(=O)N(CC(=O)Nc1cccc(C)c1)c1ccc(C)c(Cl)c1.